The first-order chi connectivity index (χ1) is 12.6. The normalized spacial score (nSPS) is 10.8. The van der Waals surface area contributed by atoms with Gasteiger partial charge in [0.05, 0.1) is 11.3 Å². The lowest BCUT2D eigenvalue weighted by Gasteiger charge is -2.09. The van der Waals surface area contributed by atoms with Crippen molar-refractivity contribution in [2.45, 2.75) is 13.2 Å². The van der Waals surface area contributed by atoms with Gasteiger partial charge < -0.3 is 9.47 Å². The summed E-state index contributed by atoms with van der Waals surface area (Å²) in [7, 11) is 0. The summed E-state index contributed by atoms with van der Waals surface area (Å²) in [6.45, 7) is -2.89. The van der Waals surface area contributed by atoms with Crippen LogP contribution in [-0.2, 0) is 6.61 Å². The molecule has 0 unspecified atom stereocenters. The Kier molecular flexibility index (Phi) is 5.52. The molecule has 10 heteroatoms. The monoisotopic (exact) mass is 424 g/mol. The fourth-order valence-corrected chi connectivity index (χ4v) is 2.53. The Hall–Kier alpha value is -2.88. The summed E-state index contributed by atoms with van der Waals surface area (Å²) in [6.07, 6.45) is 0.685. The molecular weight excluding hydrogens is 414 g/mol. The number of aromatic nitrogens is 4. The molecule has 0 aliphatic carbocycles. The average molecular weight is 425 g/mol. The van der Waals surface area contributed by atoms with Crippen molar-refractivity contribution in [2.24, 2.45) is 0 Å². The van der Waals surface area contributed by atoms with E-state index in [1.807, 2.05) is 0 Å². The van der Waals surface area contributed by atoms with Gasteiger partial charge in [-0.2, -0.15) is 13.5 Å². The van der Waals surface area contributed by atoms with Gasteiger partial charge in [-0.3, -0.25) is 4.79 Å². The Balaban J connectivity index is 1.76. The molecule has 7 nitrogen and oxygen atoms in total. The number of benzene rings is 2. The van der Waals surface area contributed by atoms with Crippen LogP contribution >= 0.6 is 15.9 Å². The van der Waals surface area contributed by atoms with Crippen LogP contribution in [0.15, 0.2) is 46.9 Å². The first kappa shape index (κ1) is 17.9. The lowest BCUT2D eigenvalue weighted by atomic mass is 10.2. The van der Waals surface area contributed by atoms with Gasteiger partial charge in [0.1, 0.15) is 18.1 Å². The molecule has 0 aliphatic rings. The SMILES string of the molecule is O=Cc1cc(Br)ccc1OCc1nnnn1-c1ccc(OC(F)F)cc1. The maximum absolute atomic E-state index is 12.2. The predicted octanol–water partition coefficient (Wildman–Crippen LogP) is 3.42. The molecule has 3 rings (SSSR count). The van der Waals surface area contributed by atoms with E-state index in [9.17, 15) is 13.6 Å². The lowest BCUT2D eigenvalue weighted by Crippen LogP contribution is -2.08. The van der Waals surface area contributed by atoms with Crippen molar-refractivity contribution in [3.05, 3.63) is 58.3 Å². The van der Waals surface area contributed by atoms with E-state index in [0.717, 1.165) is 4.47 Å². The molecule has 0 radical (unpaired) electrons. The molecule has 0 N–H and O–H groups in total. The molecule has 0 saturated heterocycles. The van der Waals surface area contributed by atoms with Crippen molar-refractivity contribution >= 4 is 22.2 Å². The maximum atomic E-state index is 12.2. The molecule has 1 heterocycles. The van der Waals surface area contributed by atoms with Gasteiger partial charge in [0, 0.05) is 4.47 Å². The largest absolute Gasteiger partial charge is 0.485 e. The Bertz CT molecular complexity index is 903. The third-order valence-corrected chi connectivity index (χ3v) is 3.79. The lowest BCUT2D eigenvalue weighted by molar-refractivity contribution is -0.0498. The summed E-state index contributed by atoms with van der Waals surface area (Å²) in [4.78, 5) is 11.1. The summed E-state index contributed by atoms with van der Waals surface area (Å²) >= 11 is 3.28. The van der Waals surface area contributed by atoms with Gasteiger partial charge >= 0.3 is 6.61 Å². The summed E-state index contributed by atoms with van der Waals surface area (Å²) in [6, 6.07) is 10.9. The van der Waals surface area contributed by atoms with Crippen LogP contribution in [0.2, 0.25) is 0 Å². The number of nitrogens with zero attached hydrogens (tertiary/aromatic N) is 4. The number of hydrogen-bond donors (Lipinski definition) is 0. The van der Waals surface area contributed by atoms with Gasteiger partial charge in [-0.05, 0) is 52.9 Å². The van der Waals surface area contributed by atoms with Crippen molar-refractivity contribution in [3.63, 3.8) is 0 Å². The van der Waals surface area contributed by atoms with E-state index in [0.29, 0.717) is 29.1 Å². The standard InChI is InChI=1S/C16H11BrF2N4O3/c17-11-1-6-14(10(7-11)8-24)25-9-15-20-21-22-23(15)12-2-4-13(5-3-12)26-16(18)19/h1-8,16H,9H2. The third kappa shape index (κ3) is 4.20. The zero-order valence-corrected chi connectivity index (χ0v) is 14.6. The van der Waals surface area contributed by atoms with Crippen molar-refractivity contribution in [1.29, 1.82) is 0 Å². The van der Waals surface area contributed by atoms with Crippen LogP contribution in [0.3, 0.4) is 0 Å². The summed E-state index contributed by atoms with van der Waals surface area (Å²) in [5.74, 6) is 0.783. The van der Waals surface area contributed by atoms with Gasteiger partial charge in [-0.25, -0.2) is 0 Å². The molecule has 0 bridgehead atoms. The predicted molar refractivity (Wildman–Crippen MR) is 89.6 cm³/mol. The molecule has 0 aliphatic heterocycles. The van der Waals surface area contributed by atoms with Gasteiger partial charge in [-0.15, -0.1) is 5.10 Å². The van der Waals surface area contributed by atoms with Crippen LogP contribution in [-0.4, -0.2) is 33.1 Å². The van der Waals surface area contributed by atoms with E-state index in [1.165, 1.54) is 28.9 Å². The number of halogens is 3. The van der Waals surface area contributed by atoms with E-state index in [1.54, 1.807) is 18.2 Å². The van der Waals surface area contributed by atoms with E-state index in [-0.39, 0.29) is 12.4 Å². The minimum absolute atomic E-state index is 0.00472. The van der Waals surface area contributed by atoms with Crippen molar-refractivity contribution in [3.8, 4) is 17.2 Å². The molecular formula is C16H11BrF2N4O3. The number of aldehydes is 1. The quantitative estimate of drug-likeness (QED) is 0.540. The van der Waals surface area contributed by atoms with Crippen LogP contribution < -0.4 is 9.47 Å². The summed E-state index contributed by atoms with van der Waals surface area (Å²) in [5.41, 5.74) is 0.925. The third-order valence-electron chi connectivity index (χ3n) is 3.30. The van der Waals surface area contributed by atoms with Crippen LogP contribution in [0, 0.1) is 0 Å². The highest BCUT2D eigenvalue weighted by Gasteiger charge is 2.12. The number of tetrazole rings is 1. The van der Waals surface area contributed by atoms with Gasteiger partial charge in [0.15, 0.2) is 12.1 Å². The zero-order chi connectivity index (χ0) is 18.5. The van der Waals surface area contributed by atoms with Crippen molar-refractivity contribution in [1.82, 2.24) is 20.2 Å². The highest BCUT2D eigenvalue weighted by molar-refractivity contribution is 9.10. The highest BCUT2D eigenvalue weighted by atomic mass is 79.9. The number of carbonyl (C=O) groups is 1. The van der Waals surface area contributed by atoms with Gasteiger partial charge in [0.2, 0.25) is 0 Å². The van der Waals surface area contributed by atoms with Gasteiger partial charge in [-0.1, -0.05) is 15.9 Å². The average Bonchev–Trinajstić information content (AvgIpc) is 3.09. The van der Waals surface area contributed by atoms with Crippen molar-refractivity contribution in [2.75, 3.05) is 0 Å². The highest BCUT2D eigenvalue weighted by Crippen LogP contribution is 2.23. The Labute approximate surface area is 154 Å². The first-order valence-electron chi connectivity index (χ1n) is 7.27. The summed E-state index contributed by atoms with van der Waals surface area (Å²) in [5, 5.41) is 11.3. The molecule has 0 fully saturated rings. The molecule has 134 valence electrons. The number of ether oxygens (including phenoxy) is 2. The molecule has 1 aromatic heterocycles. The molecule has 26 heavy (non-hydrogen) atoms. The van der Waals surface area contributed by atoms with E-state index in [4.69, 9.17) is 4.74 Å². The second kappa shape index (κ2) is 8.00. The molecule has 2 aromatic carbocycles. The molecule has 3 aromatic rings. The number of alkyl halides is 2. The number of hydrogen-bond acceptors (Lipinski definition) is 6. The van der Waals surface area contributed by atoms with E-state index in [2.05, 4.69) is 36.2 Å². The Morgan fingerprint density at radius 1 is 1.19 bits per heavy atom. The van der Waals surface area contributed by atoms with Crippen molar-refractivity contribution < 1.29 is 23.0 Å². The first-order valence-corrected chi connectivity index (χ1v) is 8.06. The fraction of sp³-hybridized carbons (Fsp3) is 0.125. The topological polar surface area (TPSA) is 79.1 Å². The smallest absolute Gasteiger partial charge is 0.387 e. The summed E-state index contributed by atoms with van der Waals surface area (Å²) < 4.78 is 36.5. The van der Waals surface area contributed by atoms with Crippen LogP contribution in [0.4, 0.5) is 8.78 Å². The minimum atomic E-state index is -2.89. The second-order valence-electron chi connectivity index (χ2n) is 4.97. The van der Waals surface area contributed by atoms with E-state index >= 15 is 0 Å². The second-order valence-corrected chi connectivity index (χ2v) is 5.88. The molecule has 0 spiro atoms. The van der Waals surface area contributed by atoms with Crippen LogP contribution in [0.5, 0.6) is 11.5 Å². The van der Waals surface area contributed by atoms with Gasteiger partial charge in [0.25, 0.3) is 0 Å². The number of rotatable bonds is 7. The minimum Gasteiger partial charge on any atom is -0.485 e. The Morgan fingerprint density at radius 3 is 2.65 bits per heavy atom. The fourth-order valence-electron chi connectivity index (χ4n) is 2.15. The maximum Gasteiger partial charge on any atom is 0.387 e. The van der Waals surface area contributed by atoms with Crippen LogP contribution in [0.1, 0.15) is 16.2 Å². The molecule has 0 saturated carbocycles. The number of carbonyl (C=O) groups excluding carboxylic acids is 1. The van der Waals surface area contributed by atoms with E-state index < -0.39 is 6.61 Å². The van der Waals surface area contributed by atoms with Crippen LogP contribution in [0.25, 0.3) is 5.69 Å². The molecule has 0 amide bonds. The molecule has 0 atom stereocenters. The zero-order valence-electron chi connectivity index (χ0n) is 13.1. The Morgan fingerprint density at radius 2 is 1.96 bits per heavy atom.